The fourth-order valence-corrected chi connectivity index (χ4v) is 1.59. The van der Waals surface area contributed by atoms with Crippen LogP contribution in [0.5, 0.6) is 6.01 Å². The van der Waals surface area contributed by atoms with Gasteiger partial charge in [0.25, 0.3) is 0 Å². The molecule has 1 aromatic carbocycles. The minimum absolute atomic E-state index is 0.0451. The molecule has 1 heterocycles. The number of hydrogen-bond acceptors (Lipinski definition) is 4. The number of nitrogens with zero attached hydrogens (tertiary/aromatic N) is 2. The summed E-state index contributed by atoms with van der Waals surface area (Å²) >= 11 is 5.88. The summed E-state index contributed by atoms with van der Waals surface area (Å²) in [4.78, 5) is 7.77. The third-order valence-electron chi connectivity index (χ3n) is 2.36. The minimum Gasteiger partial charge on any atom is -0.467 e. The Bertz CT molecular complexity index is 595. The summed E-state index contributed by atoms with van der Waals surface area (Å²) in [6, 6.07) is 3.36. The molecule has 2 aromatic rings. The highest BCUT2D eigenvalue weighted by atomic mass is 35.5. The number of halogens is 3. The lowest BCUT2D eigenvalue weighted by Gasteiger charge is -2.09. The number of aromatic nitrogens is 2. The predicted octanol–water partition coefficient (Wildman–Crippen LogP) is 3.03. The normalized spacial score (nSPS) is 10.3. The van der Waals surface area contributed by atoms with Gasteiger partial charge >= 0.3 is 6.01 Å². The Balaban J connectivity index is 2.16. The van der Waals surface area contributed by atoms with Gasteiger partial charge in [-0.05, 0) is 18.2 Å². The second-order valence-electron chi connectivity index (χ2n) is 3.64. The fraction of sp³-hybridized carbons (Fsp3) is 0.167. The lowest BCUT2D eigenvalue weighted by atomic mass is 10.2. The van der Waals surface area contributed by atoms with E-state index >= 15 is 0 Å². The molecule has 0 fully saturated rings. The number of benzene rings is 1. The van der Waals surface area contributed by atoms with Crippen molar-refractivity contribution in [1.82, 2.24) is 9.97 Å². The second kappa shape index (κ2) is 5.79. The van der Waals surface area contributed by atoms with Gasteiger partial charge in [0.2, 0.25) is 0 Å². The number of methoxy groups -OCH3 is 1. The highest BCUT2D eigenvalue weighted by Crippen LogP contribution is 2.21. The first-order valence-electron chi connectivity index (χ1n) is 5.34. The standard InChI is InChI=1S/C12H10ClF2N3O/c1-19-12-17-6-9(13)11(18-12)16-5-7-4-8(14)2-3-10(7)15/h2-4,6H,5H2,1H3,(H,16,17,18). The second-order valence-corrected chi connectivity index (χ2v) is 4.05. The Labute approximate surface area is 113 Å². The lowest BCUT2D eigenvalue weighted by molar-refractivity contribution is 0.380. The Morgan fingerprint density at radius 2 is 2.16 bits per heavy atom. The molecule has 100 valence electrons. The first-order valence-corrected chi connectivity index (χ1v) is 5.72. The Hall–Kier alpha value is -1.95. The molecule has 0 unspecified atom stereocenters. The quantitative estimate of drug-likeness (QED) is 0.938. The minimum atomic E-state index is -0.510. The van der Waals surface area contributed by atoms with Crippen molar-refractivity contribution in [3.63, 3.8) is 0 Å². The van der Waals surface area contributed by atoms with Crippen LogP contribution < -0.4 is 10.1 Å². The summed E-state index contributed by atoms with van der Waals surface area (Å²) < 4.78 is 31.3. The first-order chi connectivity index (χ1) is 9.10. The van der Waals surface area contributed by atoms with E-state index in [9.17, 15) is 8.78 Å². The van der Waals surface area contributed by atoms with Crippen molar-refractivity contribution in [2.45, 2.75) is 6.54 Å². The molecule has 0 spiro atoms. The zero-order chi connectivity index (χ0) is 13.8. The molecule has 0 saturated carbocycles. The van der Waals surface area contributed by atoms with E-state index in [1.807, 2.05) is 0 Å². The molecule has 2 rings (SSSR count). The van der Waals surface area contributed by atoms with Gasteiger partial charge in [-0.1, -0.05) is 11.6 Å². The van der Waals surface area contributed by atoms with Crippen LogP contribution in [-0.2, 0) is 6.54 Å². The summed E-state index contributed by atoms with van der Waals surface area (Å²) in [6.45, 7) is 0.0451. The summed E-state index contributed by atoms with van der Waals surface area (Å²) in [6.07, 6.45) is 1.36. The van der Waals surface area contributed by atoms with Gasteiger partial charge in [-0.15, -0.1) is 0 Å². The van der Waals surface area contributed by atoms with Crippen LogP contribution >= 0.6 is 11.6 Å². The summed E-state index contributed by atoms with van der Waals surface area (Å²) in [7, 11) is 1.42. The average Bonchev–Trinajstić information content (AvgIpc) is 2.41. The maximum Gasteiger partial charge on any atom is 0.318 e. The predicted molar refractivity (Wildman–Crippen MR) is 67.3 cm³/mol. The molecule has 4 nitrogen and oxygen atoms in total. The van der Waals surface area contributed by atoms with Gasteiger partial charge in [-0.3, -0.25) is 0 Å². The van der Waals surface area contributed by atoms with Gasteiger partial charge in [0.1, 0.15) is 16.7 Å². The number of rotatable bonds is 4. The third kappa shape index (κ3) is 3.29. The number of nitrogens with one attached hydrogen (secondary N) is 1. The largest absolute Gasteiger partial charge is 0.467 e. The smallest absolute Gasteiger partial charge is 0.318 e. The van der Waals surface area contributed by atoms with E-state index in [0.29, 0.717) is 0 Å². The van der Waals surface area contributed by atoms with Crippen LogP contribution in [-0.4, -0.2) is 17.1 Å². The van der Waals surface area contributed by atoms with Crippen LogP contribution in [0, 0.1) is 11.6 Å². The van der Waals surface area contributed by atoms with E-state index in [2.05, 4.69) is 15.3 Å². The molecule has 1 aromatic heterocycles. The topological polar surface area (TPSA) is 47.0 Å². The molecule has 1 N–H and O–H groups in total. The SMILES string of the molecule is COc1ncc(Cl)c(NCc2cc(F)ccc2F)n1. The zero-order valence-corrected chi connectivity index (χ0v) is 10.7. The molecule has 0 saturated heterocycles. The Kier molecular flexibility index (Phi) is 4.11. The zero-order valence-electron chi connectivity index (χ0n) is 9.95. The number of ether oxygens (including phenoxy) is 1. The Morgan fingerprint density at radius 1 is 1.37 bits per heavy atom. The van der Waals surface area contributed by atoms with Crippen LogP contribution in [0.4, 0.5) is 14.6 Å². The maximum atomic E-state index is 13.4. The molecule has 0 radical (unpaired) electrons. The van der Waals surface area contributed by atoms with Gasteiger partial charge in [-0.25, -0.2) is 13.8 Å². The van der Waals surface area contributed by atoms with Crippen molar-refractivity contribution in [1.29, 1.82) is 0 Å². The fourth-order valence-electron chi connectivity index (χ4n) is 1.43. The summed E-state index contributed by atoms with van der Waals surface area (Å²) in [5.74, 6) is -0.729. The molecular weight excluding hydrogens is 276 g/mol. The van der Waals surface area contributed by atoms with E-state index in [1.165, 1.54) is 13.3 Å². The van der Waals surface area contributed by atoms with Crippen LogP contribution in [0.3, 0.4) is 0 Å². The van der Waals surface area contributed by atoms with Gasteiger partial charge in [-0.2, -0.15) is 4.98 Å². The molecule has 0 aliphatic carbocycles. The van der Waals surface area contributed by atoms with Crippen molar-refractivity contribution in [2.24, 2.45) is 0 Å². The maximum absolute atomic E-state index is 13.4. The van der Waals surface area contributed by atoms with Crippen LogP contribution in [0.15, 0.2) is 24.4 Å². The van der Waals surface area contributed by atoms with E-state index in [-0.39, 0.29) is 29.0 Å². The average molecular weight is 286 g/mol. The summed E-state index contributed by atoms with van der Waals surface area (Å²) in [5.41, 5.74) is 0.175. The first kappa shape index (κ1) is 13.5. The number of anilines is 1. The van der Waals surface area contributed by atoms with Gasteiger partial charge < -0.3 is 10.1 Å². The van der Waals surface area contributed by atoms with Crippen LogP contribution in [0.1, 0.15) is 5.56 Å². The van der Waals surface area contributed by atoms with E-state index in [1.54, 1.807) is 0 Å². The molecule has 0 amide bonds. The van der Waals surface area contributed by atoms with Crippen LogP contribution in [0.25, 0.3) is 0 Å². The molecule has 19 heavy (non-hydrogen) atoms. The highest BCUT2D eigenvalue weighted by Gasteiger charge is 2.08. The van der Waals surface area contributed by atoms with E-state index in [0.717, 1.165) is 18.2 Å². The van der Waals surface area contributed by atoms with Crippen molar-refractivity contribution in [3.05, 3.63) is 46.6 Å². The van der Waals surface area contributed by atoms with Gasteiger partial charge in [0, 0.05) is 12.1 Å². The van der Waals surface area contributed by atoms with Crippen molar-refractivity contribution in [2.75, 3.05) is 12.4 Å². The van der Waals surface area contributed by atoms with Crippen molar-refractivity contribution in [3.8, 4) is 6.01 Å². The highest BCUT2D eigenvalue weighted by molar-refractivity contribution is 6.32. The lowest BCUT2D eigenvalue weighted by Crippen LogP contribution is -2.05. The molecule has 0 aliphatic heterocycles. The summed E-state index contributed by atoms with van der Waals surface area (Å²) in [5, 5.41) is 3.06. The van der Waals surface area contributed by atoms with Crippen LogP contribution in [0.2, 0.25) is 5.02 Å². The molecule has 0 bridgehead atoms. The molecule has 0 aliphatic rings. The van der Waals surface area contributed by atoms with E-state index in [4.69, 9.17) is 16.3 Å². The molecular formula is C12H10ClF2N3O. The molecule has 7 heteroatoms. The molecule has 0 atom stereocenters. The van der Waals surface area contributed by atoms with Gasteiger partial charge in [0.05, 0.1) is 13.3 Å². The monoisotopic (exact) mass is 285 g/mol. The van der Waals surface area contributed by atoms with Gasteiger partial charge in [0.15, 0.2) is 5.82 Å². The van der Waals surface area contributed by atoms with E-state index < -0.39 is 11.6 Å². The Morgan fingerprint density at radius 3 is 2.89 bits per heavy atom. The number of hydrogen-bond donors (Lipinski definition) is 1. The van der Waals surface area contributed by atoms with Crippen molar-refractivity contribution < 1.29 is 13.5 Å². The van der Waals surface area contributed by atoms with Crippen molar-refractivity contribution >= 4 is 17.4 Å². The third-order valence-corrected chi connectivity index (χ3v) is 2.64.